The minimum absolute atomic E-state index is 0.000462. The number of hydrogen-bond donors (Lipinski definition) is 2. The first-order chi connectivity index (χ1) is 10.2. The van der Waals surface area contributed by atoms with Crippen LogP contribution in [0, 0.1) is 11.6 Å². The molecule has 4 heteroatoms. The van der Waals surface area contributed by atoms with Crippen LogP contribution in [0.2, 0.25) is 0 Å². The molecule has 2 nitrogen and oxygen atoms in total. The Morgan fingerprint density at radius 2 is 1.76 bits per heavy atom. The van der Waals surface area contributed by atoms with E-state index >= 15 is 0 Å². The van der Waals surface area contributed by atoms with Crippen LogP contribution < -0.4 is 11.3 Å². The average Bonchev–Trinajstić information content (AvgIpc) is 2.93. The first-order valence-electron chi connectivity index (χ1n) is 7.19. The van der Waals surface area contributed by atoms with Crippen LogP contribution in [0.25, 0.3) is 0 Å². The van der Waals surface area contributed by atoms with Crippen LogP contribution in [0.1, 0.15) is 34.7 Å². The van der Waals surface area contributed by atoms with Crippen molar-refractivity contribution < 1.29 is 8.78 Å². The van der Waals surface area contributed by atoms with Crippen molar-refractivity contribution in [3.8, 4) is 0 Å². The van der Waals surface area contributed by atoms with Crippen molar-refractivity contribution >= 4 is 0 Å². The van der Waals surface area contributed by atoms with Crippen molar-refractivity contribution in [2.45, 2.75) is 31.7 Å². The van der Waals surface area contributed by atoms with E-state index in [9.17, 15) is 8.78 Å². The SMILES string of the molecule is NNC(Cc1ccc2c(c1)CCC2)c1c(F)cccc1F. The van der Waals surface area contributed by atoms with E-state index in [4.69, 9.17) is 5.84 Å². The van der Waals surface area contributed by atoms with E-state index in [1.165, 1.54) is 35.7 Å². The molecule has 0 fully saturated rings. The predicted molar refractivity (Wildman–Crippen MR) is 78.6 cm³/mol. The Bertz CT molecular complexity index is 635. The molecule has 1 atom stereocenters. The van der Waals surface area contributed by atoms with E-state index < -0.39 is 17.7 Å². The van der Waals surface area contributed by atoms with Gasteiger partial charge in [-0.2, -0.15) is 0 Å². The lowest BCUT2D eigenvalue weighted by atomic mass is 9.96. The number of nitrogens with one attached hydrogen (secondary N) is 1. The average molecular weight is 288 g/mol. The number of benzene rings is 2. The molecule has 0 aromatic heterocycles. The maximum atomic E-state index is 13.9. The molecule has 1 aliphatic rings. The topological polar surface area (TPSA) is 38.0 Å². The summed E-state index contributed by atoms with van der Waals surface area (Å²) >= 11 is 0. The molecule has 0 saturated heterocycles. The first-order valence-corrected chi connectivity index (χ1v) is 7.19. The van der Waals surface area contributed by atoms with E-state index in [1.54, 1.807) is 0 Å². The smallest absolute Gasteiger partial charge is 0.130 e. The van der Waals surface area contributed by atoms with Crippen LogP contribution in [0.4, 0.5) is 8.78 Å². The van der Waals surface area contributed by atoms with Gasteiger partial charge in [-0.15, -0.1) is 0 Å². The second kappa shape index (κ2) is 5.92. The van der Waals surface area contributed by atoms with Crippen molar-refractivity contribution in [2.75, 3.05) is 0 Å². The fourth-order valence-electron chi connectivity index (χ4n) is 3.08. The highest BCUT2D eigenvalue weighted by molar-refractivity contribution is 5.36. The van der Waals surface area contributed by atoms with Gasteiger partial charge in [0, 0.05) is 5.56 Å². The Morgan fingerprint density at radius 1 is 1.05 bits per heavy atom. The van der Waals surface area contributed by atoms with Gasteiger partial charge in [0.1, 0.15) is 11.6 Å². The number of hydrogen-bond acceptors (Lipinski definition) is 2. The molecule has 0 spiro atoms. The molecule has 3 rings (SSSR count). The molecule has 110 valence electrons. The highest BCUT2D eigenvalue weighted by Crippen LogP contribution is 2.27. The van der Waals surface area contributed by atoms with E-state index in [-0.39, 0.29) is 5.56 Å². The van der Waals surface area contributed by atoms with Gasteiger partial charge in [-0.05, 0) is 54.5 Å². The molecule has 1 unspecified atom stereocenters. The van der Waals surface area contributed by atoms with E-state index in [2.05, 4.69) is 17.6 Å². The van der Waals surface area contributed by atoms with Gasteiger partial charge in [0.05, 0.1) is 6.04 Å². The maximum absolute atomic E-state index is 13.9. The van der Waals surface area contributed by atoms with Crippen LogP contribution in [0.15, 0.2) is 36.4 Å². The van der Waals surface area contributed by atoms with Gasteiger partial charge in [0.25, 0.3) is 0 Å². The molecular formula is C17H18F2N2. The highest BCUT2D eigenvalue weighted by Gasteiger charge is 2.20. The van der Waals surface area contributed by atoms with Gasteiger partial charge in [-0.3, -0.25) is 11.3 Å². The molecule has 0 bridgehead atoms. The zero-order valence-electron chi connectivity index (χ0n) is 11.7. The summed E-state index contributed by atoms with van der Waals surface area (Å²) in [5.74, 6) is 4.38. The maximum Gasteiger partial charge on any atom is 0.130 e. The first kappa shape index (κ1) is 14.2. The van der Waals surface area contributed by atoms with Crippen molar-refractivity contribution in [3.05, 3.63) is 70.3 Å². The summed E-state index contributed by atoms with van der Waals surface area (Å²) < 4.78 is 27.7. The Balaban J connectivity index is 1.88. The van der Waals surface area contributed by atoms with Crippen LogP contribution in [-0.2, 0) is 19.3 Å². The van der Waals surface area contributed by atoms with Gasteiger partial charge >= 0.3 is 0 Å². The largest absolute Gasteiger partial charge is 0.271 e. The second-order valence-corrected chi connectivity index (χ2v) is 5.52. The third-order valence-electron chi connectivity index (χ3n) is 4.15. The van der Waals surface area contributed by atoms with E-state index in [0.717, 1.165) is 18.4 Å². The van der Waals surface area contributed by atoms with Crippen LogP contribution in [-0.4, -0.2) is 0 Å². The monoisotopic (exact) mass is 288 g/mol. The van der Waals surface area contributed by atoms with Gasteiger partial charge in [0.2, 0.25) is 0 Å². The highest BCUT2D eigenvalue weighted by atomic mass is 19.1. The Morgan fingerprint density at radius 3 is 2.48 bits per heavy atom. The van der Waals surface area contributed by atoms with Crippen LogP contribution >= 0.6 is 0 Å². The predicted octanol–water partition coefficient (Wildman–Crippen LogP) is 3.20. The third-order valence-corrected chi connectivity index (χ3v) is 4.15. The summed E-state index contributed by atoms with van der Waals surface area (Å²) in [4.78, 5) is 0. The summed E-state index contributed by atoms with van der Waals surface area (Å²) in [7, 11) is 0. The molecule has 0 aliphatic heterocycles. The summed E-state index contributed by atoms with van der Waals surface area (Å²) in [6.07, 6.45) is 3.84. The molecule has 2 aromatic rings. The van der Waals surface area contributed by atoms with Crippen LogP contribution in [0.5, 0.6) is 0 Å². The normalized spacial score (nSPS) is 15.0. The summed E-state index contributed by atoms with van der Waals surface area (Å²) in [6.45, 7) is 0. The molecular weight excluding hydrogens is 270 g/mol. The molecule has 1 aliphatic carbocycles. The molecule has 0 amide bonds. The summed E-state index contributed by atoms with van der Waals surface area (Å²) in [5.41, 5.74) is 6.31. The van der Waals surface area contributed by atoms with Crippen molar-refractivity contribution in [1.82, 2.24) is 5.43 Å². The molecule has 21 heavy (non-hydrogen) atoms. The van der Waals surface area contributed by atoms with Gasteiger partial charge < -0.3 is 0 Å². The lowest BCUT2D eigenvalue weighted by Crippen LogP contribution is -2.31. The fraction of sp³-hybridized carbons (Fsp3) is 0.294. The lowest BCUT2D eigenvalue weighted by Gasteiger charge is -2.18. The van der Waals surface area contributed by atoms with E-state index in [1.807, 2.05) is 6.07 Å². The summed E-state index contributed by atoms with van der Waals surface area (Å²) in [5, 5.41) is 0. The zero-order valence-corrected chi connectivity index (χ0v) is 11.7. The number of halogens is 2. The molecule has 0 saturated carbocycles. The molecule has 0 heterocycles. The number of fused-ring (bicyclic) bond motifs is 1. The van der Waals surface area contributed by atoms with Crippen molar-refractivity contribution in [3.63, 3.8) is 0 Å². The van der Waals surface area contributed by atoms with Crippen LogP contribution in [0.3, 0.4) is 0 Å². The number of hydrazine groups is 1. The standard InChI is InChI=1S/C17H18F2N2/c18-14-5-2-6-15(19)17(14)16(21-20)10-11-7-8-12-3-1-4-13(12)9-11/h2,5-9,16,21H,1,3-4,10,20H2. The molecule has 0 radical (unpaired) electrons. The summed E-state index contributed by atoms with van der Waals surface area (Å²) in [6, 6.07) is 9.56. The Hall–Kier alpha value is -1.78. The van der Waals surface area contributed by atoms with Gasteiger partial charge in [-0.25, -0.2) is 8.78 Å². The fourth-order valence-corrected chi connectivity index (χ4v) is 3.08. The third kappa shape index (κ3) is 2.82. The second-order valence-electron chi connectivity index (χ2n) is 5.52. The lowest BCUT2D eigenvalue weighted by molar-refractivity contribution is 0.473. The Kier molecular flexibility index (Phi) is 3.99. The number of rotatable bonds is 4. The van der Waals surface area contributed by atoms with E-state index in [0.29, 0.717) is 6.42 Å². The quantitative estimate of drug-likeness (QED) is 0.670. The van der Waals surface area contributed by atoms with Crippen molar-refractivity contribution in [2.24, 2.45) is 5.84 Å². The molecule has 2 aromatic carbocycles. The number of aryl methyl sites for hydroxylation is 2. The molecule has 3 N–H and O–H groups in total. The zero-order chi connectivity index (χ0) is 14.8. The van der Waals surface area contributed by atoms with Gasteiger partial charge in [0.15, 0.2) is 0 Å². The number of nitrogens with two attached hydrogens (primary N) is 1. The Labute approximate surface area is 122 Å². The minimum atomic E-state index is -0.578. The minimum Gasteiger partial charge on any atom is -0.271 e. The van der Waals surface area contributed by atoms with Crippen molar-refractivity contribution in [1.29, 1.82) is 0 Å². The van der Waals surface area contributed by atoms with Gasteiger partial charge in [-0.1, -0.05) is 24.3 Å².